The van der Waals surface area contributed by atoms with Crippen molar-refractivity contribution < 1.29 is 4.79 Å². The van der Waals surface area contributed by atoms with Crippen LogP contribution in [0.4, 0.5) is 5.69 Å². The molecular formula is C21H24BrClN6O. The number of anilines is 1. The van der Waals surface area contributed by atoms with Gasteiger partial charge in [0.25, 0.3) is 5.91 Å². The van der Waals surface area contributed by atoms with E-state index in [1.807, 2.05) is 27.0 Å². The smallest absolute Gasteiger partial charge is 0.251 e. The quantitative estimate of drug-likeness (QED) is 0.231. The van der Waals surface area contributed by atoms with Crippen molar-refractivity contribution in [1.29, 1.82) is 5.26 Å². The zero-order valence-electron chi connectivity index (χ0n) is 17.1. The Kier molecular flexibility index (Phi) is 8.63. The van der Waals surface area contributed by atoms with E-state index in [1.165, 1.54) is 0 Å². The summed E-state index contributed by atoms with van der Waals surface area (Å²) in [5.74, 6) is 0.147. The number of aliphatic imine (C=N–C) groups is 1. The fourth-order valence-electron chi connectivity index (χ4n) is 2.59. The van der Waals surface area contributed by atoms with Gasteiger partial charge in [0.1, 0.15) is 0 Å². The van der Waals surface area contributed by atoms with Crippen LogP contribution in [-0.4, -0.2) is 29.9 Å². The van der Waals surface area contributed by atoms with Crippen LogP contribution in [0.3, 0.4) is 0 Å². The number of aromatic nitrogens is 1. The second kappa shape index (κ2) is 11.0. The molecule has 0 saturated heterocycles. The zero-order valence-corrected chi connectivity index (χ0v) is 19.4. The van der Waals surface area contributed by atoms with Gasteiger partial charge in [0.15, 0.2) is 6.19 Å². The van der Waals surface area contributed by atoms with E-state index in [9.17, 15) is 4.79 Å². The largest absolute Gasteiger partial charge is 0.351 e. The van der Waals surface area contributed by atoms with Gasteiger partial charge in [-0.2, -0.15) is 5.26 Å². The minimum absolute atomic E-state index is 0.176. The highest BCUT2D eigenvalue weighted by atomic mass is 79.9. The van der Waals surface area contributed by atoms with E-state index >= 15 is 0 Å². The molecule has 30 heavy (non-hydrogen) atoms. The molecule has 0 aliphatic heterocycles. The van der Waals surface area contributed by atoms with Crippen LogP contribution in [-0.2, 0) is 6.42 Å². The van der Waals surface area contributed by atoms with Gasteiger partial charge in [-0.15, -0.1) is 0 Å². The number of guanidine groups is 1. The van der Waals surface area contributed by atoms with Crippen LogP contribution in [0.5, 0.6) is 0 Å². The van der Waals surface area contributed by atoms with Gasteiger partial charge in [-0.1, -0.05) is 32.4 Å². The lowest BCUT2D eigenvalue weighted by Crippen LogP contribution is -2.37. The molecule has 0 aliphatic carbocycles. The van der Waals surface area contributed by atoms with Crippen molar-refractivity contribution in [3.8, 4) is 6.19 Å². The van der Waals surface area contributed by atoms with Crippen molar-refractivity contribution >= 4 is 45.1 Å². The number of benzene rings is 1. The molecule has 0 unspecified atom stereocenters. The molecule has 2 aromatic rings. The Morgan fingerprint density at radius 3 is 2.63 bits per heavy atom. The number of hydrogen-bond acceptors (Lipinski definition) is 4. The first-order chi connectivity index (χ1) is 14.3. The van der Waals surface area contributed by atoms with Crippen LogP contribution in [0.2, 0.25) is 5.02 Å². The Labute approximate surface area is 190 Å². The molecule has 7 nitrogen and oxygen atoms in total. The van der Waals surface area contributed by atoms with Crippen molar-refractivity contribution in [2.75, 3.05) is 18.4 Å². The molecule has 0 saturated carbocycles. The second-order valence-electron chi connectivity index (χ2n) is 7.38. The number of nitriles is 1. The summed E-state index contributed by atoms with van der Waals surface area (Å²) in [5.41, 5.74) is 2.01. The van der Waals surface area contributed by atoms with Gasteiger partial charge >= 0.3 is 0 Å². The van der Waals surface area contributed by atoms with Crippen LogP contribution in [0, 0.1) is 16.9 Å². The third-order valence-corrected chi connectivity index (χ3v) is 5.22. The summed E-state index contributed by atoms with van der Waals surface area (Å²) in [6, 6.07) is 6.72. The monoisotopic (exact) mass is 490 g/mol. The first-order valence-electron chi connectivity index (χ1n) is 9.38. The molecule has 0 radical (unpaired) electrons. The van der Waals surface area contributed by atoms with Gasteiger partial charge in [-0.05, 0) is 52.2 Å². The van der Waals surface area contributed by atoms with Gasteiger partial charge in [0, 0.05) is 39.8 Å². The SMILES string of the molecule is CCc1c(Br)cncc1NC(=NCC(C)(C)CNC(=O)c1ccc(Cl)cc1)NC#N. The maximum absolute atomic E-state index is 12.3. The lowest BCUT2D eigenvalue weighted by molar-refractivity contribution is 0.0938. The fraction of sp³-hybridized carbons (Fsp3) is 0.333. The Balaban J connectivity index is 2.03. The Hall–Kier alpha value is -2.63. The van der Waals surface area contributed by atoms with Crippen molar-refractivity contribution in [3.05, 3.63) is 57.3 Å². The first kappa shape index (κ1) is 23.6. The first-order valence-corrected chi connectivity index (χ1v) is 10.6. The highest BCUT2D eigenvalue weighted by molar-refractivity contribution is 9.10. The van der Waals surface area contributed by atoms with E-state index in [-0.39, 0.29) is 11.3 Å². The minimum atomic E-state index is -0.338. The van der Waals surface area contributed by atoms with E-state index in [2.05, 4.69) is 41.9 Å². The van der Waals surface area contributed by atoms with Crippen molar-refractivity contribution in [2.45, 2.75) is 27.2 Å². The van der Waals surface area contributed by atoms with E-state index in [0.29, 0.717) is 29.6 Å². The van der Waals surface area contributed by atoms with Gasteiger partial charge < -0.3 is 10.6 Å². The summed E-state index contributed by atoms with van der Waals surface area (Å²) < 4.78 is 0.886. The number of nitrogens with one attached hydrogen (secondary N) is 3. The number of hydrogen-bond donors (Lipinski definition) is 3. The molecule has 3 N–H and O–H groups in total. The predicted octanol–water partition coefficient (Wildman–Crippen LogP) is 4.35. The molecule has 0 bridgehead atoms. The molecule has 1 heterocycles. The second-order valence-corrected chi connectivity index (χ2v) is 8.67. The number of carbonyl (C=O) groups is 1. The standard InChI is InChI=1S/C21H24BrClN6O/c1-4-16-17(22)9-25-10-18(16)29-20(28-13-24)27-12-21(2,3)11-26-19(30)14-5-7-15(23)8-6-14/h5-10H,4,11-12H2,1-3H3,(H,26,30)(H2,27,28,29). The van der Waals surface area contributed by atoms with Crippen LogP contribution < -0.4 is 16.0 Å². The van der Waals surface area contributed by atoms with Crippen molar-refractivity contribution in [1.82, 2.24) is 15.6 Å². The maximum Gasteiger partial charge on any atom is 0.251 e. The summed E-state index contributed by atoms with van der Waals surface area (Å²) in [6.07, 6.45) is 6.10. The molecule has 9 heteroatoms. The molecule has 0 aliphatic rings. The van der Waals surface area contributed by atoms with Crippen LogP contribution in [0.1, 0.15) is 36.7 Å². The molecule has 1 aromatic heterocycles. The fourth-order valence-corrected chi connectivity index (χ4v) is 3.33. The average molecular weight is 492 g/mol. The number of nitrogens with zero attached hydrogens (tertiary/aromatic N) is 3. The lowest BCUT2D eigenvalue weighted by Gasteiger charge is -2.23. The molecule has 0 atom stereocenters. The molecular weight excluding hydrogens is 468 g/mol. The van der Waals surface area contributed by atoms with E-state index < -0.39 is 0 Å². The van der Waals surface area contributed by atoms with E-state index in [0.717, 1.165) is 22.1 Å². The number of pyridine rings is 1. The normalized spacial score (nSPS) is 11.5. The number of rotatable bonds is 7. The molecule has 1 aromatic carbocycles. The minimum Gasteiger partial charge on any atom is -0.351 e. The third kappa shape index (κ3) is 7.01. The highest BCUT2D eigenvalue weighted by Crippen LogP contribution is 2.24. The summed E-state index contributed by atoms with van der Waals surface area (Å²) in [5, 5.41) is 18.3. The molecule has 0 fully saturated rings. The Morgan fingerprint density at radius 1 is 1.30 bits per heavy atom. The van der Waals surface area contributed by atoms with Crippen molar-refractivity contribution in [3.63, 3.8) is 0 Å². The third-order valence-electron chi connectivity index (χ3n) is 4.28. The van der Waals surface area contributed by atoms with Crippen LogP contribution in [0.15, 0.2) is 46.1 Å². The molecule has 2 rings (SSSR count). The van der Waals surface area contributed by atoms with E-state index in [1.54, 1.807) is 36.7 Å². The van der Waals surface area contributed by atoms with Crippen molar-refractivity contribution in [2.24, 2.45) is 10.4 Å². The topological polar surface area (TPSA) is 102 Å². The summed E-state index contributed by atoms with van der Waals surface area (Å²) in [6.45, 7) is 6.80. The lowest BCUT2D eigenvalue weighted by atomic mass is 9.93. The van der Waals surface area contributed by atoms with Gasteiger partial charge in [-0.25, -0.2) is 0 Å². The molecule has 158 valence electrons. The summed E-state index contributed by atoms with van der Waals surface area (Å²) in [4.78, 5) is 21.0. The van der Waals surface area contributed by atoms with Gasteiger partial charge in [0.05, 0.1) is 11.9 Å². The maximum atomic E-state index is 12.3. The van der Waals surface area contributed by atoms with Crippen LogP contribution in [0.25, 0.3) is 0 Å². The molecule has 1 amide bonds. The number of halogens is 2. The summed E-state index contributed by atoms with van der Waals surface area (Å²) >= 11 is 9.35. The number of amides is 1. The zero-order chi connectivity index (χ0) is 22.1. The Bertz CT molecular complexity index is 953. The number of carbonyl (C=O) groups excluding carboxylic acids is 1. The predicted molar refractivity (Wildman–Crippen MR) is 124 cm³/mol. The average Bonchev–Trinajstić information content (AvgIpc) is 2.71. The van der Waals surface area contributed by atoms with E-state index in [4.69, 9.17) is 16.9 Å². The van der Waals surface area contributed by atoms with Crippen LogP contribution >= 0.6 is 27.5 Å². The Morgan fingerprint density at radius 2 is 2.00 bits per heavy atom. The summed E-state index contributed by atoms with van der Waals surface area (Å²) in [7, 11) is 0. The highest BCUT2D eigenvalue weighted by Gasteiger charge is 2.20. The molecule has 0 spiro atoms. The van der Waals surface area contributed by atoms with Gasteiger partial charge in [-0.3, -0.25) is 20.1 Å². The van der Waals surface area contributed by atoms with Gasteiger partial charge in [0.2, 0.25) is 5.96 Å².